The smallest absolute Gasteiger partial charge is 0.321 e. The van der Waals surface area contributed by atoms with Crippen molar-refractivity contribution in [3.63, 3.8) is 0 Å². The van der Waals surface area contributed by atoms with E-state index >= 15 is 0 Å². The van der Waals surface area contributed by atoms with Crippen LogP contribution in [0.25, 0.3) is 0 Å². The zero-order valence-electron chi connectivity index (χ0n) is 14.7. The summed E-state index contributed by atoms with van der Waals surface area (Å²) in [4.78, 5) is 25.2. The Labute approximate surface area is 147 Å². The second-order valence-corrected chi connectivity index (χ2v) is 8.86. The molecule has 0 saturated carbocycles. The van der Waals surface area contributed by atoms with Crippen LogP contribution >= 0.6 is 0 Å². The molecule has 1 aliphatic rings. The van der Waals surface area contributed by atoms with E-state index in [2.05, 4.69) is 5.32 Å². The number of hydrogen-bond acceptors (Lipinski definition) is 4. The number of aryl methyl sites for hydroxylation is 1. The van der Waals surface area contributed by atoms with Crippen LogP contribution in [-0.4, -0.2) is 61.9 Å². The number of benzene rings is 1. The number of sulfonamides is 1. The molecule has 8 nitrogen and oxygen atoms in total. The maximum Gasteiger partial charge on any atom is 0.321 e. The summed E-state index contributed by atoms with van der Waals surface area (Å²) < 4.78 is 25.8. The van der Waals surface area contributed by atoms with Gasteiger partial charge < -0.3 is 15.3 Å². The molecule has 1 saturated heterocycles. The van der Waals surface area contributed by atoms with E-state index in [1.54, 1.807) is 26.0 Å². The van der Waals surface area contributed by atoms with Gasteiger partial charge in [-0.25, -0.2) is 17.5 Å². The van der Waals surface area contributed by atoms with Crippen molar-refractivity contribution in [2.75, 3.05) is 32.5 Å². The van der Waals surface area contributed by atoms with Crippen LogP contribution in [0.1, 0.15) is 18.9 Å². The third kappa shape index (κ3) is 3.77. The molecule has 1 aliphatic heterocycles. The highest BCUT2D eigenvalue weighted by molar-refractivity contribution is 7.89. The quantitative estimate of drug-likeness (QED) is 0.838. The summed E-state index contributed by atoms with van der Waals surface area (Å²) in [5, 5.41) is 11.9. The molecular weight excluding hydrogens is 346 g/mol. The summed E-state index contributed by atoms with van der Waals surface area (Å²) in [5.74, 6) is -0.933. The Morgan fingerprint density at radius 1 is 1.32 bits per heavy atom. The highest BCUT2D eigenvalue weighted by atomic mass is 32.2. The molecule has 25 heavy (non-hydrogen) atoms. The number of nitrogens with one attached hydrogen (secondary N) is 1. The fourth-order valence-electron chi connectivity index (χ4n) is 2.66. The van der Waals surface area contributed by atoms with Gasteiger partial charge in [-0.15, -0.1) is 0 Å². The molecule has 2 N–H and O–H groups in total. The maximum atomic E-state index is 12.4. The van der Waals surface area contributed by atoms with Gasteiger partial charge in [-0.1, -0.05) is 6.07 Å². The number of amides is 2. The highest BCUT2D eigenvalue weighted by Gasteiger charge is 2.42. The van der Waals surface area contributed by atoms with Gasteiger partial charge in [0.05, 0.1) is 10.3 Å². The van der Waals surface area contributed by atoms with Crippen LogP contribution in [0.3, 0.4) is 0 Å². The number of likely N-dealkylation sites (tertiary alicyclic amines) is 1. The Bertz CT molecular complexity index is 806. The Kier molecular flexibility index (Phi) is 5.10. The van der Waals surface area contributed by atoms with Gasteiger partial charge in [-0.3, -0.25) is 4.79 Å². The molecule has 0 aliphatic carbocycles. The number of carboxylic acids is 1. The predicted molar refractivity (Wildman–Crippen MR) is 93.0 cm³/mol. The number of carboxylic acid groups (broad SMARTS) is 1. The minimum absolute atomic E-state index is 0.114. The molecule has 138 valence electrons. The third-order valence-electron chi connectivity index (χ3n) is 4.47. The molecule has 2 amide bonds. The third-order valence-corrected chi connectivity index (χ3v) is 6.43. The van der Waals surface area contributed by atoms with Crippen LogP contribution in [0.4, 0.5) is 10.5 Å². The molecule has 2 rings (SSSR count). The lowest BCUT2D eigenvalue weighted by Gasteiger charge is -2.21. The van der Waals surface area contributed by atoms with E-state index in [9.17, 15) is 23.1 Å². The average molecular weight is 369 g/mol. The van der Waals surface area contributed by atoms with Crippen LogP contribution < -0.4 is 5.32 Å². The van der Waals surface area contributed by atoms with Gasteiger partial charge in [0.25, 0.3) is 0 Å². The molecule has 1 aromatic carbocycles. The van der Waals surface area contributed by atoms with Crippen molar-refractivity contribution in [1.82, 2.24) is 9.21 Å². The van der Waals surface area contributed by atoms with Gasteiger partial charge in [0, 0.05) is 32.9 Å². The van der Waals surface area contributed by atoms with Crippen molar-refractivity contribution >= 4 is 27.7 Å². The summed E-state index contributed by atoms with van der Waals surface area (Å²) >= 11 is 0. The van der Waals surface area contributed by atoms with Crippen LogP contribution in [0.5, 0.6) is 0 Å². The lowest BCUT2D eigenvalue weighted by atomic mass is 9.90. The van der Waals surface area contributed by atoms with Gasteiger partial charge in [0.15, 0.2) is 0 Å². The zero-order chi connectivity index (χ0) is 19.0. The number of rotatable bonds is 4. The maximum absolute atomic E-state index is 12.4. The van der Waals surface area contributed by atoms with Gasteiger partial charge >= 0.3 is 12.0 Å². The van der Waals surface area contributed by atoms with Crippen molar-refractivity contribution in [2.45, 2.75) is 25.2 Å². The average Bonchev–Trinajstić information content (AvgIpc) is 2.93. The normalized spacial score (nSPS) is 20.8. The lowest BCUT2D eigenvalue weighted by molar-refractivity contribution is -0.146. The summed E-state index contributed by atoms with van der Waals surface area (Å²) in [6.07, 6.45) is 0.379. The molecular formula is C16H23N3O5S. The Morgan fingerprint density at radius 2 is 1.96 bits per heavy atom. The highest BCUT2D eigenvalue weighted by Crippen LogP contribution is 2.30. The monoisotopic (exact) mass is 369 g/mol. The topological polar surface area (TPSA) is 107 Å². The van der Waals surface area contributed by atoms with Gasteiger partial charge in [-0.05, 0) is 38.0 Å². The lowest BCUT2D eigenvalue weighted by Crippen LogP contribution is -2.37. The minimum atomic E-state index is -3.62. The Hall–Kier alpha value is -2.13. The molecule has 9 heteroatoms. The first-order chi connectivity index (χ1) is 11.5. The predicted octanol–water partition coefficient (Wildman–Crippen LogP) is 1.57. The van der Waals surface area contributed by atoms with E-state index in [4.69, 9.17) is 0 Å². The van der Waals surface area contributed by atoms with E-state index < -0.39 is 27.4 Å². The van der Waals surface area contributed by atoms with E-state index in [-0.39, 0.29) is 11.4 Å². The zero-order valence-corrected chi connectivity index (χ0v) is 15.6. The summed E-state index contributed by atoms with van der Waals surface area (Å²) in [7, 11) is -0.741. The molecule has 0 aromatic heterocycles. The number of carbonyl (C=O) groups is 2. The number of anilines is 1. The molecule has 1 atom stereocenters. The first kappa shape index (κ1) is 19.2. The fourth-order valence-corrected chi connectivity index (χ4v) is 3.81. The molecule has 1 fully saturated rings. The SMILES string of the molecule is Cc1ccc(NC(=O)N2CCC(C)(C(=O)O)C2)cc1S(=O)(=O)N(C)C. The molecule has 0 bridgehead atoms. The van der Waals surface area contributed by atoms with Crippen molar-refractivity contribution in [2.24, 2.45) is 5.41 Å². The Morgan fingerprint density at radius 3 is 2.48 bits per heavy atom. The van der Waals surface area contributed by atoms with Crippen LogP contribution in [0.2, 0.25) is 0 Å². The second-order valence-electron chi connectivity index (χ2n) is 6.74. The number of carbonyl (C=O) groups excluding carboxylic acids is 1. The summed E-state index contributed by atoms with van der Waals surface area (Å²) in [6.45, 7) is 3.74. The number of nitrogens with zero attached hydrogens (tertiary/aromatic N) is 2. The largest absolute Gasteiger partial charge is 0.481 e. The molecule has 0 radical (unpaired) electrons. The molecule has 1 unspecified atom stereocenters. The molecule has 1 heterocycles. The number of aliphatic carboxylic acids is 1. The number of urea groups is 1. The van der Waals surface area contributed by atoms with Crippen LogP contribution in [0.15, 0.2) is 23.1 Å². The fraction of sp³-hybridized carbons (Fsp3) is 0.500. The van der Waals surface area contributed by atoms with Gasteiger partial charge in [0.2, 0.25) is 10.0 Å². The van der Waals surface area contributed by atoms with Crippen molar-refractivity contribution in [3.05, 3.63) is 23.8 Å². The summed E-state index contributed by atoms with van der Waals surface area (Å²) in [6, 6.07) is 4.21. The van der Waals surface area contributed by atoms with E-state index in [0.29, 0.717) is 24.2 Å². The first-order valence-electron chi connectivity index (χ1n) is 7.80. The van der Waals surface area contributed by atoms with Crippen LogP contribution in [0, 0.1) is 12.3 Å². The molecule has 0 spiro atoms. The van der Waals surface area contributed by atoms with E-state index in [1.165, 1.54) is 25.1 Å². The summed E-state index contributed by atoms with van der Waals surface area (Å²) in [5.41, 5.74) is -0.0318. The van der Waals surface area contributed by atoms with E-state index in [1.807, 2.05) is 0 Å². The minimum Gasteiger partial charge on any atom is -0.481 e. The van der Waals surface area contributed by atoms with Gasteiger partial charge in [0.1, 0.15) is 0 Å². The van der Waals surface area contributed by atoms with Crippen molar-refractivity contribution in [1.29, 1.82) is 0 Å². The number of hydrogen-bond donors (Lipinski definition) is 2. The first-order valence-corrected chi connectivity index (χ1v) is 9.24. The second kappa shape index (κ2) is 6.64. The van der Waals surface area contributed by atoms with Gasteiger partial charge in [-0.2, -0.15) is 0 Å². The van der Waals surface area contributed by atoms with E-state index in [0.717, 1.165) is 4.31 Å². The van der Waals surface area contributed by atoms with Crippen molar-refractivity contribution < 1.29 is 23.1 Å². The standard InChI is InChI=1S/C16H23N3O5S/c1-11-5-6-12(9-13(11)25(23,24)18(3)4)17-15(22)19-8-7-16(2,10-19)14(20)21/h5-6,9H,7-8,10H2,1-4H3,(H,17,22)(H,20,21). The van der Waals surface area contributed by atoms with Crippen molar-refractivity contribution in [3.8, 4) is 0 Å². The van der Waals surface area contributed by atoms with Crippen LogP contribution in [-0.2, 0) is 14.8 Å². The molecule has 1 aromatic rings. The Balaban J connectivity index is 2.19.